The normalized spacial score (nSPS) is 22.8. The zero-order valence-corrected chi connectivity index (χ0v) is 10.6. The molecule has 3 nitrogen and oxygen atoms in total. The maximum Gasteiger partial charge on any atom is 0.0223 e. The molecule has 15 heavy (non-hydrogen) atoms. The first-order valence-electron chi connectivity index (χ1n) is 6.35. The molecule has 1 unspecified atom stereocenters. The van der Waals surface area contributed by atoms with E-state index in [1.165, 1.54) is 45.4 Å². The van der Waals surface area contributed by atoms with Crippen LogP contribution in [0.1, 0.15) is 26.2 Å². The molecule has 1 fully saturated rings. The zero-order chi connectivity index (χ0) is 11.1. The highest BCUT2D eigenvalue weighted by molar-refractivity contribution is 4.80. The van der Waals surface area contributed by atoms with Gasteiger partial charge in [-0.15, -0.1) is 0 Å². The molecule has 90 valence electrons. The molecule has 0 spiro atoms. The van der Waals surface area contributed by atoms with Gasteiger partial charge in [0, 0.05) is 12.6 Å². The Kier molecular flexibility index (Phi) is 6.22. The van der Waals surface area contributed by atoms with Crippen LogP contribution in [0.4, 0.5) is 0 Å². The van der Waals surface area contributed by atoms with Crippen LogP contribution in [-0.4, -0.2) is 62.7 Å². The fraction of sp³-hybridized carbons (Fsp3) is 1.00. The van der Waals surface area contributed by atoms with Gasteiger partial charge in [0.15, 0.2) is 0 Å². The second kappa shape index (κ2) is 7.20. The molecule has 1 aliphatic rings. The van der Waals surface area contributed by atoms with Crippen LogP contribution < -0.4 is 5.32 Å². The Morgan fingerprint density at radius 2 is 2.27 bits per heavy atom. The van der Waals surface area contributed by atoms with E-state index in [1.54, 1.807) is 0 Å². The van der Waals surface area contributed by atoms with Crippen LogP contribution in [0.5, 0.6) is 0 Å². The minimum atomic E-state index is 0.814. The van der Waals surface area contributed by atoms with E-state index < -0.39 is 0 Å². The van der Waals surface area contributed by atoms with Crippen LogP contribution in [0.15, 0.2) is 0 Å². The second-order valence-electron chi connectivity index (χ2n) is 4.64. The van der Waals surface area contributed by atoms with Gasteiger partial charge in [-0.2, -0.15) is 0 Å². The van der Waals surface area contributed by atoms with Gasteiger partial charge in [-0.3, -0.25) is 4.90 Å². The van der Waals surface area contributed by atoms with E-state index in [0.717, 1.165) is 12.6 Å². The molecule has 1 N–H and O–H groups in total. The largest absolute Gasteiger partial charge is 0.320 e. The molecule has 0 aromatic heterocycles. The predicted octanol–water partition coefficient (Wildman–Crippen LogP) is 1.01. The first-order chi connectivity index (χ1) is 7.27. The summed E-state index contributed by atoms with van der Waals surface area (Å²) in [5, 5.41) is 3.20. The van der Waals surface area contributed by atoms with Gasteiger partial charge in [0.2, 0.25) is 0 Å². The number of rotatable bonds is 7. The van der Waals surface area contributed by atoms with E-state index in [4.69, 9.17) is 0 Å². The number of likely N-dealkylation sites (tertiary alicyclic amines) is 1. The number of hydrogen-bond donors (Lipinski definition) is 1. The van der Waals surface area contributed by atoms with E-state index in [-0.39, 0.29) is 0 Å². The molecule has 1 saturated heterocycles. The lowest BCUT2D eigenvalue weighted by atomic mass is 10.2. The highest BCUT2D eigenvalue weighted by Crippen LogP contribution is 2.17. The molecular formula is C12H27N3. The molecule has 0 aromatic rings. The smallest absolute Gasteiger partial charge is 0.0223 e. The standard InChI is InChI=1S/C12H27N3/c1-4-15-10-5-7-12(15)11-14(3)9-6-8-13-2/h12-13H,4-11H2,1-3H3. The number of hydrogen-bond acceptors (Lipinski definition) is 3. The van der Waals surface area contributed by atoms with Crippen LogP contribution >= 0.6 is 0 Å². The molecule has 1 heterocycles. The Hall–Kier alpha value is -0.120. The molecule has 0 radical (unpaired) electrons. The molecule has 1 aliphatic heterocycles. The molecule has 0 bridgehead atoms. The van der Waals surface area contributed by atoms with Crippen molar-refractivity contribution < 1.29 is 0 Å². The van der Waals surface area contributed by atoms with E-state index in [2.05, 4.69) is 29.1 Å². The van der Waals surface area contributed by atoms with Gasteiger partial charge >= 0.3 is 0 Å². The van der Waals surface area contributed by atoms with Crippen molar-refractivity contribution in [3.05, 3.63) is 0 Å². The summed E-state index contributed by atoms with van der Waals surface area (Å²) in [7, 11) is 4.28. The Morgan fingerprint density at radius 1 is 1.47 bits per heavy atom. The topological polar surface area (TPSA) is 18.5 Å². The maximum absolute atomic E-state index is 3.20. The van der Waals surface area contributed by atoms with Crippen molar-refractivity contribution in [2.24, 2.45) is 0 Å². The number of nitrogens with one attached hydrogen (secondary N) is 1. The molecule has 0 aromatic carbocycles. The van der Waals surface area contributed by atoms with Crippen molar-refractivity contribution in [1.82, 2.24) is 15.1 Å². The van der Waals surface area contributed by atoms with Gasteiger partial charge < -0.3 is 10.2 Å². The summed E-state index contributed by atoms with van der Waals surface area (Å²) in [6, 6.07) is 0.814. The lowest BCUT2D eigenvalue weighted by Crippen LogP contribution is -2.39. The van der Waals surface area contributed by atoms with E-state index in [0.29, 0.717) is 0 Å². The molecule has 0 aliphatic carbocycles. The Labute approximate surface area is 94.8 Å². The third kappa shape index (κ3) is 4.49. The van der Waals surface area contributed by atoms with Crippen LogP contribution in [0.25, 0.3) is 0 Å². The van der Waals surface area contributed by atoms with Gasteiger partial charge in [0.05, 0.1) is 0 Å². The second-order valence-corrected chi connectivity index (χ2v) is 4.64. The number of nitrogens with zero attached hydrogens (tertiary/aromatic N) is 2. The van der Waals surface area contributed by atoms with Gasteiger partial charge in [-0.1, -0.05) is 6.92 Å². The van der Waals surface area contributed by atoms with Crippen LogP contribution in [-0.2, 0) is 0 Å². The lowest BCUT2D eigenvalue weighted by molar-refractivity contribution is 0.197. The monoisotopic (exact) mass is 213 g/mol. The highest BCUT2D eigenvalue weighted by Gasteiger charge is 2.23. The molecule has 0 saturated carbocycles. The van der Waals surface area contributed by atoms with Gasteiger partial charge in [-0.05, 0) is 59.5 Å². The fourth-order valence-electron chi connectivity index (χ4n) is 2.50. The minimum Gasteiger partial charge on any atom is -0.320 e. The van der Waals surface area contributed by atoms with E-state index >= 15 is 0 Å². The van der Waals surface area contributed by atoms with Crippen LogP contribution in [0.2, 0.25) is 0 Å². The van der Waals surface area contributed by atoms with Gasteiger partial charge in [0.25, 0.3) is 0 Å². The molecular weight excluding hydrogens is 186 g/mol. The zero-order valence-electron chi connectivity index (χ0n) is 10.6. The van der Waals surface area contributed by atoms with Gasteiger partial charge in [0.1, 0.15) is 0 Å². The van der Waals surface area contributed by atoms with Crippen molar-refractivity contribution in [2.45, 2.75) is 32.2 Å². The summed E-state index contributed by atoms with van der Waals surface area (Å²) in [4.78, 5) is 5.10. The molecule has 1 atom stereocenters. The Balaban J connectivity index is 2.15. The SMILES string of the molecule is CCN1CCCC1CN(C)CCCNC. The maximum atomic E-state index is 3.20. The van der Waals surface area contributed by atoms with Crippen molar-refractivity contribution in [1.29, 1.82) is 0 Å². The third-order valence-corrected chi connectivity index (χ3v) is 3.39. The molecule has 3 heteroatoms. The highest BCUT2D eigenvalue weighted by atomic mass is 15.2. The minimum absolute atomic E-state index is 0.814. The molecule has 0 amide bonds. The fourth-order valence-corrected chi connectivity index (χ4v) is 2.50. The summed E-state index contributed by atoms with van der Waals surface area (Å²) in [5.41, 5.74) is 0. The Morgan fingerprint density at radius 3 is 2.93 bits per heavy atom. The van der Waals surface area contributed by atoms with Gasteiger partial charge in [-0.25, -0.2) is 0 Å². The van der Waals surface area contributed by atoms with Crippen molar-refractivity contribution >= 4 is 0 Å². The predicted molar refractivity (Wildman–Crippen MR) is 66.3 cm³/mol. The average Bonchev–Trinajstić information content (AvgIpc) is 2.65. The van der Waals surface area contributed by atoms with Crippen LogP contribution in [0.3, 0.4) is 0 Å². The summed E-state index contributed by atoms with van der Waals surface area (Å²) < 4.78 is 0. The first-order valence-corrected chi connectivity index (χ1v) is 6.35. The summed E-state index contributed by atoms with van der Waals surface area (Å²) in [5.74, 6) is 0. The number of likely N-dealkylation sites (N-methyl/N-ethyl adjacent to an activating group) is 2. The quantitative estimate of drug-likeness (QED) is 0.637. The van der Waals surface area contributed by atoms with Crippen molar-refractivity contribution in [3.8, 4) is 0 Å². The van der Waals surface area contributed by atoms with E-state index in [9.17, 15) is 0 Å². The average molecular weight is 213 g/mol. The summed E-state index contributed by atoms with van der Waals surface area (Å²) in [6.45, 7) is 8.40. The lowest BCUT2D eigenvalue weighted by Gasteiger charge is -2.27. The summed E-state index contributed by atoms with van der Waals surface area (Å²) in [6.07, 6.45) is 4.04. The van der Waals surface area contributed by atoms with Crippen LogP contribution in [0, 0.1) is 0 Å². The Bertz CT molecular complexity index is 161. The summed E-state index contributed by atoms with van der Waals surface area (Å²) >= 11 is 0. The van der Waals surface area contributed by atoms with Crippen molar-refractivity contribution in [3.63, 3.8) is 0 Å². The van der Waals surface area contributed by atoms with Crippen molar-refractivity contribution in [2.75, 3.05) is 46.8 Å². The third-order valence-electron chi connectivity index (χ3n) is 3.39. The van der Waals surface area contributed by atoms with E-state index in [1.807, 2.05) is 7.05 Å². The molecule has 1 rings (SSSR count). The first kappa shape index (κ1) is 12.9.